The number of rotatable bonds is 6. The summed E-state index contributed by atoms with van der Waals surface area (Å²) in [6.07, 6.45) is 1.85. The molecule has 354 valence electrons. The Bertz CT molecular complexity index is 4790. The van der Waals surface area contributed by atoms with Crippen LogP contribution in [0, 0.1) is 25.7 Å². The van der Waals surface area contributed by atoms with Crippen LogP contribution in [0.15, 0.2) is 179 Å². The SMILES string of the molecule is Cc1ccc2ccc3c4cc5c(CC(C)C)cc6c7c(cc8c(CC(C)C)cc(c4c8c57)n(-c4cccc5c4oc4ccccc45)c3c2c1)c1ccc2ccc(C)cc2c1n6-c1cccc2c1oc1ccccc12. The van der Waals surface area contributed by atoms with Crippen LogP contribution in [-0.4, -0.2) is 9.13 Å². The monoisotopic (exact) mass is 952 g/mol. The predicted molar refractivity (Wildman–Crippen MR) is 315 cm³/mol. The van der Waals surface area contributed by atoms with E-state index in [9.17, 15) is 0 Å². The summed E-state index contributed by atoms with van der Waals surface area (Å²) in [5.74, 6) is 0.823. The van der Waals surface area contributed by atoms with Gasteiger partial charge in [0.15, 0.2) is 11.2 Å². The van der Waals surface area contributed by atoms with E-state index in [1.807, 2.05) is 0 Å². The molecule has 0 unspecified atom stereocenters. The standard InChI is InChI=1S/C70H52N2O2/c1-37(2)29-43-33-59-63-56(48-28-26-41-23-21-39(5)31-53(41)67(48)71(59)57-17-11-15-49-45-13-7-9-19-61(45)73-69(49)57)36-52-44(30-38(3)4)34-60-64-55(35-51(43)65(63)66(52)64)47-27-25-42-24-22-40(6)32-54(42)68(47)72(60)58-18-12-16-50-46-14-8-10-20-62(46)74-70(50)58/h7-28,31-38H,29-30H2,1-6H3. The number of nitrogens with zero attached hydrogens (tertiary/aromatic N) is 2. The van der Waals surface area contributed by atoms with Gasteiger partial charge in [-0.15, -0.1) is 0 Å². The third-order valence-electron chi connectivity index (χ3n) is 16.5. The summed E-state index contributed by atoms with van der Waals surface area (Å²) in [6, 6.07) is 64.1. The van der Waals surface area contributed by atoms with Crippen LogP contribution in [-0.2, 0) is 12.8 Å². The zero-order chi connectivity index (χ0) is 49.4. The molecular weight excluding hydrogens is 901 g/mol. The lowest BCUT2D eigenvalue weighted by Gasteiger charge is -2.28. The number of benzene rings is 12. The average Bonchev–Trinajstić information content (AvgIpc) is 4.02. The molecule has 0 saturated heterocycles. The van der Waals surface area contributed by atoms with Gasteiger partial charge in [0.05, 0.1) is 33.4 Å². The van der Waals surface area contributed by atoms with Crippen LogP contribution < -0.4 is 0 Å². The Morgan fingerprint density at radius 2 is 0.770 bits per heavy atom. The zero-order valence-electron chi connectivity index (χ0n) is 42.4. The molecule has 74 heavy (non-hydrogen) atoms. The molecule has 0 atom stereocenters. The molecule has 0 aliphatic rings. The summed E-state index contributed by atoms with van der Waals surface area (Å²) in [6.45, 7) is 13.9. The molecule has 0 radical (unpaired) electrons. The van der Waals surface area contributed by atoms with E-state index < -0.39 is 0 Å². The first-order chi connectivity index (χ1) is 36.2. The van der Waals surface area contributed by atoms with Gasteiger partial charge < -0.3 is 18.0 Å². The van der Waals surface area contributed by atoms with E-state index in [0.29, 0.717) is 11.8 Å². The summed E-state index contributed by atoms with van der Waals surface area (Å²) in [5.41, 5.74) is 15.7. The van der Waals surface area contributed by atoms with Gasteiger partial charge in [-0.3, -0.25) is 0 Å². The van der Waals surface area contributed by atoms with E-state index in [0.717, 1.165) is 68.1 Å². The summed E-state index contributed by atoms with van der Waals surface area (Å²) in [7, 11) is 0. The maximum Gasteiger partial charge on any atom is 0.159 e. The van der Waals surface area contributed by atoms with Crippen molar-refractivity contribution in [3.63, 3.8) is 0 Å². The number of hydrogen-bond donors (Lipinski definition) is 0. The van der Waals surface area contributed by atoms with Gasteiger partial charge in [-0.25, -0.2) is 0 Å². The second kappa shape index (κ2) is 15.0. The van der Waals surface area contributed by atoms with Crippen molar-refractivity contribution >= 4 is 141 Å². The van der Waals surface area contributed by atoms with Gasteiger partial charge in [0.25, 0.3) is 0 Å². The van der Waals surface area contributed by atoms with Crippen molar-refractivity contribution in [2.75, 3.05) is 0 Å². The van der Waals surface area contributed by atoms with Crippen molar-refractivity contribution in [3.05, 3.63) is 192 Å². The topological polar surface area (TPSA) is 36.1 Å². The first-order valence-corrected chi connectivity index (χ1v) is 26.5. The van der Waals surface area contributed by atoms with Crippen LogP contribution in [0.1, 0.15) is 49.9 Å². The molecule has 4 heteroatoms. The minimum atomic E-state index is 0.411. The molecule has 16 aromatic rings. The number of pyridine rings is 2. The van der Waals surface area contributed by atoms with Gasteiger partial charge in [0.1, 0.15) is 11.2 Å². The molecule has 0 spiro atoms. The fourth-order valence-electron chi connectivity index (χ4n) is 13.6. The van der Waals surface area contributed by atoms with Gasteiger partial charge in [-0.05, 0) is 143 Å². The number of aromatic nitrogens is 2. The lowest BCUT2D eigenvalue weighted by molar-refractivity contribution is 0.650. The number of hydrogen-bond acceptors (Lipinski definition) is 2. The highest BCUT2D eigenvalue weighted by Crippen LogP contribution is 2.52. The first kappa shape index (κ1) is 42.0. The first-order valence-electron chi connectivity index (χ1n) is 26.5. The van der Waals surface area contributed by atoms with Crippen LogP contribution in [0.5, 0.6) is 0 Å². The molecule has 0 bridgehead atoms. The van der Waals surface area contributed by atoms with Crippen molar-refractivity contribution < 1.29 is 8.83 Å². The van der Waals surface area contributed by atoms with Gasteiger partial charge in [-0.1, -0.05) is 148 Å². The Labute approximate surface area is 426 Å². The van der Waals surface area contributed by atoms with E-state index in [2.05, 4.69) is 221 Å². The fraction of sp³-hybridized carbons (Fsp3) is 0.143. The van der Waals surface area contributed by atoms with Crippen LogP contribution in [0.25, 0.3) is 153 Å². The highest BCUT2D eigenvalue weighted by atomic mass is 16.3. The summed E-state index contributed by atoms with van der Waals surface area (Å²) < 4.78 is 19.2. The third kappa shape index (κ3) is 5.63. The lowest BCUT2D eigenvalue weighted by atomic mass is 9.81. The molecule has 0 amide bonds. The van der Waals surface area contributed by atoms with E-state index >= 15 is 0 Å². The Hall–Kier alpha value is -8.60. The maximum atomic E-state index is 7.01. The van der Waals surface area contributed by atoms with Crippen LogP contribution in [0.4, 0.5) is 0 Å². The summed E-state index contributed by atoms with van der Waals surface area (Å²) in [5, 5.41) is 22.4. The Balaban J connectivity index is 1.19. The number of furan rings is 2. The van der Waals surface area contributed by atoms with Gasteiger partial charge in [-0.2, -0.15) is 0 Å². The average molecular weight is 953 g/mol. The zero-order valence-corrected chi connectivity index (χ0v) is 42.4. The van der Waals surface area contributed by atoms with E-state index in [1.165, 1.54) is 120 Å². The fourth-order valence-corrected chi connectivity index (χ4v) is 13.6. The quantitative estimate of drug-likeness (QED) is 0.123. The molecule has 0 saturated carbocycles. The van der Waals surface area contributed by atoms with E-state index in [-0.39, 0.29) is 0 Å². The lowest BCUT2D eigenvalue weighted by Crippen LogP contribution is -2.08. The van der Waals surface area contributed by atoms with Crippen LogP contribution in [0.3, 0.4) is 0 Å². The number of fused-ring (bicyclic) bond motifs is 14. The Morgan fingerprint density at radius 1 is 0.351 bits per heavy atom. The van der Waals surface area contributed by atoms with E-state index in [4.69, 9.17) is 8.83 Å². The van der Waals surface area contributed by atoms with Crippen molar-refractivity contribution in [1.82, 2.24) is 9.13 Å². The summed E-state index contributed by atoms with van der Waals surface area (Å²) in [4.78, 5) is 0. The van der Waals surface area contributed by atoms with Crippen LogP contribution >= 0.6 is 0 Å². The number of aryl methyl sites for hydroxylation is 2. The van der Waals surface area contributed by atoms with E-state index in [1.54, 1.807) is 0 Å². The second-order valence-electron chi connectivity index (χ2n) is 22.3. The van der Waals surface area contributed by atoms with Crippen molar-refractivity contribution in [2.45, 2.75) is 54.4 Å². The van der Waals surface area contributed by atoms with Crippen LogP contribution in [0.2, 0.25) is 0 Å². The van der Waals surface area contributed by atoms with Gasteiger partial charge in [0, 0.05) is 64.6 Å². The van der Waals surface area contributed by atoms with Crippen molar-refractivity contribution in [2.24, 2.45) is 11.8 Å². The molecule has 4 heterocycles. The molecule has 16 rings (SSSR count). The number of para-hydroxylation sites is 4. The van der Waals surface area contributed by atoms with Gasteiger partial charge in [0.2, 0.25) is 0 Å². The molecule has 12 aromatic carbocycles. The van der Waals surface area contributed by atoms with Gasteiger partial charge >= 0.3 is 0 Å². The molecule has 0 fully saturated rings. The Morgan fingerprint density at radius 3 is 1.22 bits per heavy atom. The summed E-state index contributed by atoms with van der Waals surface area (Å²) >= 11 is 0. The van der Waals surface area contributed by atoms with Crippen molar-refractivity contribution in [1.29, 1.82) is 0 Å². The molecule has 0 aliphatic heterocycles. The largest absolute Gasteiger partial charge is 0.454 e. The maximum absolute atomic E-state index is 7.01. The molecule has 4 nitrogen and oxygen atoms in total. The third-order valence-corrected chi connectivity index (χ3v) is 16.5. The highest BCUT2D eigenvalue weighted by molar-refractivity contribution is 6.42. The molecular formula is C70H52N2O2. The molecule has 4 aromatic heterocycles. The normalized spacial score (nSPS) is 12.8. The second-order valence-corrected chi connectivity index (χ2v) is 22.3. The Kier molecular flexibility index (Phi) is 8.50. The highest BCUT2D eigenvalue weighted by Gasteiger charge is 2.29. The smallest absolute Gasteiger partial charge is 0.159 e. The minimum absolute atomic E-state index is 0.411. The minimum Gasteiger partial charge on any atom is -0.454 e. The predicted octanol–water partition coefficient (Wildman–Crippen LogP) is 19.9. The molecule has 0 aliphatic carbocycles. The molecule has 0 N–H and O–H groups in total. The van der Waals surface area contributed by atoms with Crippen molar-refractivity contribution in [3.8, 4) is 11.4 Å².